The molecule has 0 aliphatic rings. The molecule has 1 N–H and O–H groups in total. The maximum absolute atomic E-state index is 9.48. The largest absolute Gasteiger partial charge is 0.508 e. The molecular formula is C20H26O. The van der Waals surface area contributed by atoms with E-state index < -0.39 is 0 Å². The van der Waals surface area contributed by atoms with Gasteiger partial charge in [-0.2, -0.15) is 0 Å². The second kappa shape index (κ2) is 6.80. The van der Waals surface area contributed by atoms with Gasteiger partial charge < -0.3 is 5.11 Å². The van der Waals surface area contributed by atoms with Gasteiger partial charge in [0.05, 0.1) is 0 Å². The Morgan fingerprint density at radius 1 is 0.857 bits per heavy atom. The summed E-state index contributed by atoms with van der Waals surface area (Å²) in [5, 5.41) is 9.48. The van der Waals surface area contributed by atoms with Crippen LogP contribution in [0.1, 0.15) is 63.5 Å². The van der Waals surface area contributed by atoms with Crippen molar-refractivity contribution in [2.45, 2.75) is 52.4 Å². The molecule has 2 unspecified atom stereocenters. The zero-order valence-electron chi connectivity index (χ0n) is 13.6. The molecule has 1 heteroatoms. The Morgan fingerprint density at radius 2 is 1.48 bits per heavy atom. The molecule has 112 valence electrons. The molecule has 1 nitrogen and oxygen atoms in total. The Kier molecular flexibility index (Phi) is 5.06. The van der Waals surface area contributed by atoms with Crippen molar-refractivity contribution in [2.75, 3.05) is 0 Å². The van der Waals surface area contributed by atoms with Gasteiger partial charge in [-0.25, -0.2) is 0 Å². The van der Waals surface area contributed by atoms with Crippen molar-refractivity contribution in [2.24, 2.45) is 0 Å². The van der Waals surface area contributed by atoms with E-state index in [0.29, 0.717) is 17.6 Å². The Morgan fingerprint density at radius 3 is 2.05 bits per heavy atom. The zero-order valence-corrected chi connectivity index (χ0v) is 13.6. The first-order chi connectivity index (χ1) is 10.1. The molecule has 0 radical (unpaired) electrons. The van der Waals surface area contributed by atoms with Crippen LogP contribution >= 0.6 is 0 Å². The van der Waals surface area contributed by atoms with E-state index >= 15 is 0 Å². The summed E-state index contributed by atoms with van der Waals surface area (Å²) in [4.78, 5) is 0. The van der Waals surface area contributed by atoms with Crippen molar-refractivity contribution in [3.63, 3.8) is 0 Å². The molecule has 21 heavy (non-hydrogen) atoms. The molecule has 0 bridgehead atoms. The van der Waals surface area contributed by atoms with Crippen molar-refractivity contribution in [1.29, 1.82) is 0 Å². The molecule has 0 fully saturated rings. The van der Waals surface area contributed by atoms with Gasteiger partial charge in [0.1, 0.15) is 5.75 Å². The highest BCUT2D eigenvalue weighted by molar-refractivity contribution is 5.69. The highest BCUT2D eigenvalue weighted by Crippen LogP contribution is 2.34. The van der Waals surface area contributed by atoms with Gasteiger partial charge in [0, 0.05) is 0 Å². The van der Waals surface area contributed by atoms with Crippen molar-refractivity contribution in [3.05, 3.63) is 53.6 Å². The van der Waals surface area contributed by atoms with Crippen LogP contribution < -0.4 is 0 Å². The smallest absolute Gasteiger partial charge is 0.115 e. The maximum atomic E-state index is 9.48. The van der Waals surface area contributed by atoms with E-state index in [0.717, 1.165) is 6.42 Å². The SMILES string of the molecule is CCC(C)c1ccc(-c2ccc(O)cc2)c(C(C)CC)c1. The van der Waals surface area contributed by atoms with Gasteiger partial charge in [-0.3, -0.25) is 0 Å². The summed E-state index contributed by atoms with van der Waals surface area (Å²) in [6.45, 7) is 9.05. The first kappa shape index (κ1) is 15.6. The molecule has 2 rings (SSSR count). The summed E-state index contributed by atoms with van der Waals surface area (Å²) in [5.74, 6) is 1.46. The Labute approximate surface area is 128 Å². The summed E-state index contributed by atoms with van der Waals surface area (Å²) >= 11 is 0. The summed E-state index contributed by atoms with van der Waals surface area (Å²) in [7, 11) is 0. The highest BCUT2D eigenvalue weighted by Gasteiger charge is 2.13. The number of rotatable bonds is 5. The minimum atomic E-state index is 0.320. The quantitative estimate of drug-likeness (QED) is 0.704. The van der Waals surface area contributed by atoms with Gasteiger partial charge in [0.2, 0.25) is 0 Å². The second-order valence-electron chi connectivity index (χ2n) is 6.01. The lowest BCUT2D eigenvalue weighted by Crippen LogP contribution is -1.99. The van der Waals surface area contributed by atoms with Crippen LogP contribution in [-0.2, 0) is 0 Å². The Balaban J connectivity index is 2.51. The summed E-state index contributed by atoms with van der Waals surface area (Å²) in [6, 6.07) is 14.4. The molecule has 2 aromatic rings. The average molecular weight is 282 g/mol. The molecule has 0 saturated carbocycles. The van der Waals surface area contributed by atoms with Gasteiger partial charge in [-0.1, -0.05) is 58.0 Å². The lowest BCUT2D eigenvalue weighted by molar-refractivity contribution is 0.475. The molecule has 0 aromatic heterocycles. The minimum Gasteiger partial charge on any atom is -0.508 e. The number of benzene rings is 2. The van der Waals surface area contributed by atoms with Gasteiger partial charge in [0.15, 0.2) is 0 Å². The number of aromatic hydroxyl groups is 1. The van der Waals surface area contributed by atoms with Gasteiger partial charge in [0.25, 0.3) is 0 Å². The molecule has 0 saturated heterocycles. The normalized spacial score (nSPS) is 13.9. The van der Waals surface area contributed by atoms with Crippen LogP contribution in [0.4, 0.5) is 0 Å². The first-order valence-electron chi connectivity index (χ1n) is 8.00. The fourth-order valence-corrected chi connectivity index (χ4v) is 2.65. The third-order valence-electron chi connectivity index (χ3n) is 4.58. The van der Waals surface area contributed by atoms with E-state index in [4.69, 9.17) is 0 Å². The van der Waals surface area contributed by atoms with E-state index in [1.54, 1.807) is 12.1 Å². The standard InChI is InChI=1S/C20H26O/c1-5-14(3)17-9-12-19(20(13-17)15(4)6-2)16-7-10-18(21)11-8-16/h7-15,21H,5-6H2,1-4H3. The molecule has 0 heterocycles. The number of phenols is 1. The molecule has 2 atom stereocenters. The zero-order chi connectivity index (χ0) is 15.4. The molecular weight excluding hydrogens is 256 g/mol. The molecule has 0 aliphatic carbocycles. The lowest BCUT2D eigenvalue weighted by Gasteiger charge is -2.19. The van der Waals surface area contributed by atoms with E-state index in [9.17, 15) is 5.11 Å². The van der Waals surface area contributed by atoms with Gasteiger partial charge in [-0.05, 0) is 59.1 Å². The number of hydrogen-bond acceptors (Lipinski definition) is 1. The first-order valence-corrected chi connectivity index (χ1v) is 8.00. The third kappa shape index (κ3) is 3.47. The van der Waals surface area contributed by atoms with Crippen molar-refractivity contribution in [1.82, 2.24) is 0 Å². The molecule has 0 aliphatic heterocycles. The van der Waals surface area contributed by atoms with E-state index in [-0.39, 0.29) is 0 Å². The van der Waals surface area contributed by atoms with E-state index in [1.807, 2.05) is 12.1 Å². The van der Waals surface area contributed by atoms with Gasteiger partial charge >= 0.3 is 0 Å². The third-order valence-corrected chi connectivity index (χ3v) is 4.58. The van der Waals surface area contributed by atoms with Crippen LogP contribution in [-0.4, -0.2) is 5.11 Å². The van der Waals surface area contributed by atoms with Crippen LogP contribution in [0.5, 0.6) is 5.75 Å². The van der Waals surface area contributed by atoms with Crippen molar-refractivity contribution >= 4 is 0 Å². The van der Waals surface area contributed by atoms with Crippen LogP contribution in [0.2, 0.25) is 0 Å². The highest BCUT2D eigenvalue weighted by atomic mass is 16.3. The summed E-state index contributed by atoms with van der Waals surface area (Å²) < 4.78 is 0. The summed E-state index contributed by atoms with van der Waals surface area (Å²) in [5.41, 5.74) is 5.31. The van der Waals surface area contributed by atoms with E-state index in [2.05, 4.69) is 45.9 Å². The Bertz CT molecular complexity index is 583. The minimum absolute atomic E-state index is 0.320. The van der Waals surface area contributed by atoms with E-state index in [1.165, 1.54) is 28.7 Å². The summed E-state index contributed by atoms with van der Waals surface area (Å²) in [6.07, 6.45) is 2.30. The van der Waals surface area contributed by atoms with Crippen molar-refractivity contribution < 1.29 is 5.11 Å². The Hall–Kier alpha value is -1.76. The van der Waals surface area contributed by atoms with Crippen molar-refractivity contribution in [3.8, 4) is 16.9 Å². The second-order valence-corrected chi connectivity index (χ2v) is 6.01. The van der Waals surface area contributed by atoms with Crippen LogP contribution in [0.15, 0.2) is 42.5 Å². The molecule has 0 amide bonds. The molecule has 2 aromatic carbocycles. The topological polar surface area (TPSA) is 20.2 Å². The number of hydrogen-bond donors (Lipinski definition) is 1. The fraction of sp³-hybridized carbons (Fsp3) is 0.400. The number of phenolic OH excluding ortho intramolecular Hbond substituents is 1. The van der Waals surface area contributed by atoms with Crippen LogP contribution in [0, 0.1) is 0 Å². The maximum Gasteiger partial charge on any atom is 0.115 e. The predicted molar refractivity (Wildman–Crippen MR) is 91.0 cm³/mol. The van der Waals surface area contributed by atoms with Gasteiger partial charge in [-0.15, -0.1) is 0 Å². The lowest BCUT2D eigenvalue weighted by atomic mass is 9.86. The fourth-order valence-electron chi connectivity index (χ4n) is 2.65. The monoisotopic (exact) mass is 282 g/mol. The predicted octanol–water partition coefficient (Wildman–Crippen LogP) is 6.09. The average Bonchev–Trinajstić information content (AvgIpc) is 2.53. The van der Waals surface area contributed by atoms with Crippen LogP contribution in [0.25, 0.3) is 11.1 Å². The molecule has 0 spiro atoms. The van der Waals surface area contributed by atoms with Crippen LogP contribution in [0.3, 0.4) is 0 Å².